The van der Waals surface area contributed by atoms with Crippen molar-refractivity contribution in [3.05, 3.63) is 0 Å². The molecule has 0 atom stereocenters. The van der Waals surface area contributed by atoms with Gasteiger partial charge in [0.25, 0.3) is 0 Å². The maximum Gasteiger partial charge on any atom is 0.243 e. The molecule has 4 heteroatoms. The van der Waals surface area contributed by atoms with E-state index in [0.29, 0.717) is 19.6 Å². The summed E-state index contributed by atoms with van der Waals surface area (Å²) in [4.78, 5) is 16.1. The molecule has 1 amide bonds. The Morgan fingerprint density at radius 1 is 1.06 bits per heavy atom. The van der Waals surface area contributed by atoms with E-state index in [2.05, 4.69) is 12.4 Å². The minimum Gasteiger partial charge on any atom is -0.382 e. The second-order valence-corrected chi connectivity index (χ2v) is 3.88. The average Bonchev–Trinajstić information content (AvgIpc) is 2.29. The molecule has 0 aromatic heterocycles. The topological polar surface area (TPSA) is 47.6 Å². The largest absolute Gasteiger partial charge is 0.382 e. The van der Waals surface area contributed by atoms with E-state index in [1.165, 1.54) is 25.7 Å². The van der Waals surface area contributed by atoms with Gasteiger partial charge >= 0.3 is 0 Å². The number of hydroxylamine groups is 1. The summed E-state index contributed by atoms with van der Waals surface area (Å²) in [7, 11) is 1.60. The highest BCUT2D eigenvalue weighted by atomic mass is 16.7. The van der Waals surface area contributed by atoms with E-state index in [0.717, 1.165) is 12.8 Å². The predicted octanol–water partition coefficient (Wildman–Crippen LogP) is 2.43. The number of hydrogen-bond acceptors (Lipinski definition) is 3. The maximum atomic E-state index is 11.2. The monoisotopic (exact) mass is 231 g/mol. The Morgan fingerprint density at radius 2 is 1.75 bits per heavy atom. The number of rotatable bonds is 11. The van der Waals surface area contributed by atoms with Gasteiger partial charge in [-0.25, -0.2) is 5.48 Å². The average molecular weight is 231 g/mol. The second-order valence-electron chi connectivity index (χ2n) is 3.88. The molecule has 0 radical (unpaired) electrons. The molecule has 0 aliphatic rings. The van der Waals surface area contributed by atoms with Crippen LogP contribution in [0.1, 0.15) is 51.9 Å². The number of ether oxygens (including phenoxy) is 1. The molecule has 0 saturated carbocycles. The van der Waals surface area contributed by atoms with E-state index < -0.39 is 0 Å². The molecule has 96 valence electrons. The first-order valence-electron chi connectivity index (χ1n) is 6.20. The van der Waals surface area contributed by atoms with E-state index in [4.69, 9.17) is 9.57 Å². The molecular formula is C12H25NO3. The SMILES string of the molecule is CCCCCCCCC(=O)NOCCOC. The Kier molecular flexibility index (Phi) is 12.0. The molecule has 0 heterocycles. The van der Waals surface area contributed by atoms with Crippen molar-refractivity contribution in [1.29, 1.82) is 0 Å². The molecule has 0 aliphatic heterocycles. The highest BCUT2D eigenvalue weighted by molar-refractivity contribution is 5.74. The number of unbranched alkanes of at least 4 members (excludes halogenated alkanes) is 5. The summed E-state index contributed by atoms with van der Waals surface area (Å²) in [5.41, 5.74) is 2.40. The van der Waals surface area contributed by atoms with Crippen molar-refractivity contribution in [3.8, 4) is 0 Å². The van der Waals surface area contributed by atoms with E-state index in [1.807, 2.05) is 0 Å². The lowest BCUT2D eigenvalue weighted by molar-refractivity contribution is -0.134. The molecule has 0 saturated heterocycles. The lowest BCUT2D eigenvalue weighted by atomic mass is 10.1. The molecular weight excluding hydrogens is 206 g/mol. The molecule has 0 aliphatic carbocycles. The fourth-order valence-corrected chi connectivity index (χ4v) is 1.37. The smallest absolute Gasteiger partial charge is 0.243 e. The number of amides is 1. The van der Waals surface area contributed by atoms with Crippen molar-refractivity contribution in [2.75, 3.05) is 20.3 Å². The first-order valence-corrected chi connectivity index (χ1v) is 6.20. The van der Waals surface area contributed by atoms with Gasteiger partial charge in [0.05, 0.1) is 13.2 Å². The third-order valence-corrected chi connectivity index (χ3v) is 2.33. The third-order valence-electron chi connectivity index (χ3n) is 2.33. The van der Waals surface area contributed by atoms with Crippen LogP contribution in [-0.2, 0) is 14.4 Å². The molecule has 0 aromatic rings. The van der Waals surface area contributed by atoms with E-state index in [-0.39, 0.29) is 5.91 Å². The van der Waals surface area contributed by atoms with Crippen LogP contribution in [0.15, 0.2) is 0 Å². The van der Waals surface area contributed by atoms with Crippen LogP contribution in [0.2, 0.25) is 0 Å². The van der Waals surface area contributed by atoms with E-state index >= 15 is 0 Å². The summed E-state index contributed by atoms with van der Waals surface area (Å²) in [6.45, 7) is 3.10. The molecule has 0 rings (SSSR count). The third kappa shape index (κ3) is 11.5. The van der Waals surface area contributed by atoms with Gasteiger partial charge in [-0.05, 0) is 6.42 Å². The zero-order chi connectivity index (χ0) is 12.1. The molecule has 0 bridgehead atoms. The minimum absolute atomic E-state index is 0.0356. The number of hydrogen-bond donors (Lipinski definition) is 1. The Morgan fingerprint density at radius 3 is 2.44 bits per heavy atom. The van der Waals surface area contributed by atoms with Gasteiger partial charge in [0.2, 0.25) is 5.91 Å². The molecule has 0 unspecified atom stereocenters. The van der Waals surface area contributed by atoms with Crippen LogP contribution >= 0.6 is 0 Å². The maximum absolute atomic E-state index is 11.2. The summed E-state index contributed by atoms with van der Waals surface area (Å²) in [5.74, 6) is -0.0356. The number of nitrogens with one attached hydrogen (secondary N) is 1. The van der Waals surface area contributed by atoms with Crippen LogP contribution in [0.5, 0.6) is 0 Å². The molecule has 0 aromatic carbocycles. The van der Waals surface area contributed by atoms with Gasteiger partial charge < -0.3 is 4.74 Å². The number of methoxy groups -OCH3 is 1. The standard InChI is InChI=1S/C12H25NO3/c1-3-4-5-6-7-8-9-12(14)13-16-11-10-15-2/h3-11H2,1-2H3,(H,13,14). The molecule has 4 nitrogen and oxygen atoms in total. The van der Waals surface area contributed by atoms with E-state index in [1.54, 1.807) is 7.11 Å². The van der Waals surface area contributed by atoms with Crippen LogP contribution in [-0.4, -0.2) is 26.2 Å². The summed E-state index contributed by atoms with van der Waals surface area (Å²) in [6, 6.07) is 0. The van der Waals surface area contributed by atoms with Crippen LogP contribution in [0, 0.1) is 0 Å². The summed E-state index contributed by atoms with van der Waals surface area (Å²) < 4.78 is 4.78. The molecule has 16 heavy (non-hydrogen) atoms. The molecule has 1 N–H and O–H groups in total. The lowest BCUT2D eigenvalue weighted by Gasteiger charge is -2.05. The normalized spacial score (nSPS) is 10.4. The van der Waals surface area contributed by atoms with Crippen LogP contribution < -0.4 is 5.48 Å². The van der Waals surface area contributed by atoms with Crippen molar-refractivity contribution in [3.63, 3.8) is 0 Å². The summed E-state index contributed by atoms with van der Waals surface area (Å²) in [6.07, 6.45) is 7.70. The first-order chi connectivity index (χ1) is 7.81. The fourth-order valence-electron chi connectivity index (χ4n) is 1.37. The number of carbonyl (C=O) groups is 1. The zero-order valence-corrected chi connectivity index (χ0v) is 10.6. The predicted molar refractivity (Wildman–Crippen MR) is 64.0 cm³/mol. The van der Waals surface area contributed by atoms with Gasteiger partial charge in [0.1, 0.15) is 0 Å². The summed E-state index contributed by atoms with van der Waals surface area (Å²) >= 11 is 0. The molecule has 0 spiro atoms. The number of carbonyl (C=O) groups excluding carboxylic acids is 1. The van der Waals surface area contributed by atoms with Crippen molar-refractivity contribution < 1.29 is 14.4 Å². The van der Waals surface area contributed by atoms with Gasteiger partial charge in [-0.2, -0.15) is 0 Å². The summed E-state index contributed by atoms with van der Waals surface area (Å²) in [5, 5.41) is 0. The first kappa shape index (κ1) is 15.4. The minimum atomic E-state index is -0.0356. The zero-order valence-electron chi connectivity index (χ0n) is 10.6. The van der Waals surface area contributed by atoms with Gasteiger partial charge in [-0.1, -0.05) is 39.0 Å². The Balaban J connectivity index is 3.11. The lowest BCUT2D eigenvalue weighted by Crippen LogP contribution is -2.25. The highest BCUT2D eigenvalue weighted by Crippen LogP contribution is 2.06. The Bertz CT molecular complexity index is 162. The van der Waals surface area contributed by atoms with Crippen LogP contribution in [0.25, 0.3) is 0 Å². The van der Waals surface area contributed by atoms with Crippen molar-refractivity contribution in [2.24, 2.45) is 0 Å². The van der Waals surface area contributed by atoms with Crippen molar-refractivity contribution in [2.45, 2.75) is 51.9 Å². The van der Waals surface area contributed by atoms with Crippen LogP contribution in [0.4, 0.5) is 0 Å². The second kappa shape index (κ2) is 12.5. The highest BCUT2D eigenvalue weighted by Gasteiger charge is 2.00. The van der Waals surface area contributed by atoms with Crippen molar-refractivity contribution >= 4 is 5.91 Å². The van der Waals surface area contributed by atoms with Gasteiger partial charge in [0.15, 0.2) is 0 Å². The quantitative estimate of drug-likeness (QED) is 0.439. The fraction of sp³-hybridized carbons (Fsp3) is 0.917. The van der Waals surface area contributed by atoms with Crippen LogP contribution in [0.3, 0.4) is 0 Å². The molecule has 0 fully saturated rings. The Hall–Kier alpha value is -0.610. The van der Waals surface area contributed by atoms with Gasteiger partial charge in [-0.15, -0.1) is 0 Å². The Labute approximate surface area is 98.6 Å². The van der Waals surface area contributed by atoms with E-state index in [9.17, 15) is 4.79 Å². The van der Waals surface area contributed by atoms with Crippen molar-refractivity contribution in [1.82, 2.24) is 5.48 Å². The van der Waals surface area contributed by atoms with Gasteiger partial charge in [0, 0.05) is 13.5 Å². The van der Waals surface area contributed by atoms with Gasteiger partial charge in [-0.3, -0.25) is 9.63 Å².